The Hall–Kier alpha value is -1.64. The van der Waals surface area contributed by atoms with Crippen LogP contribution in [0.25, 0.3) is 5.57 Å². The molecule has 0 radical (unpaired) electrons. The molecule has 1 N–H and O–H groups in total. The van der Waals surface area contributed by atoms with Gasteiger partial charge in [-0.2, -0.15) is 0 Å². The zero-order chi connectivity index (χ0) is 9.97. The summed E-state index contributed by atoms with van der Waals surface area (Å²) in [5, 5.41) is 3.16. The van der Waals surface area contributed by atoms with Crippen molar-refractivity contribution in [2.45, 2.75) is 20.0 Å². The summed E-state index contributed by atoms with van der Waals surface area (Å²) in [7, 11) is 0. The number of nitrogens with zero attached hydrogens (tertiary/aromatic N) is 2. The second kappa shape index (κ2) is 3.62. The summed E-state index contributed by atoms with van der Waals surface area (Å²) in [6.07, 6.45) is 7.74. The molecule has 1 aromatic heterocycles. The number of pyridine rings is 1. The molecule has 1 aromatic rings. The van der Waals surface area contributed by atoms with Crippen molar-refractivity contribution >= 4 is 11.8 Å². The van der Waals surface area contributed by atoms with Crippen LogP contribution in [-0.4, -0.2) is 17.4 Å². The van der Waals surface area contributed by atoms with Gasteiger partial charge in [0.05, 0.1) is 0 Å². The fourth-order valence-corrected chi connectivity index (χ4v) is 1.35. The largest absolute Gasteiger partial charge is 0.369 e. The Bertz CT molecular complexity index is 393. The number of rotatable bonds is 1. The van der Waals surface area contributed by atoms with Crippen LogP contribution in [0, 0.1) is 6.92 Å². The Labute approximate surface area is 83.6 Å². The van der Waals surface area contributed by atoms with Crippen molar-refractivity contribution in [2.24, 2.45) is 4.99 Å². The minimum atomic E-state index is 0.177. The van der Waals surface area contributed by atoms with Crippen LogP contribution in [0.1, 0.15) is 18.1 Å². The third-order valence-corrected chi connectivity index (χ3v) is 2.13. The summed E-state index contributed by atoms with van der Waals surface area (Å²) in [6, 6.07) is 2.10. The molecule has 1 atom stereocenters. The number of nitrogens with one attached hydrogen (secondary N) is 1. The van der Waals surface area contributed by atoms with Gasteiger partial charge in [-0.25, -0.2) is 0 Å². The van der Waals surface area contributed by atoms with Gasteiger partial charge in [-0.3, -0.25) is 9.98 Å². The molecule has 1 aliphatic heterocycles. The number of aliphatic imine (C=N–C) groups is 1. The Morgan fingerprint density at radius 2 is 2.21 bits per heavy atom. The van der Waals surface area contributed by atoms with Gasteiger partial charge in [-0.05, 0) is 25.5 Å². The normalized spacial score (nSPS) is 20.1. The lowest BCUT2D eigenvalue weighted by atomic mass is 10.1. The third-order valence-electron chi connectivity index (χ3n) is 2.13. The summed E-state index contributed by atoms with van der Waals surface area (Å²) in [5.74, 6) is 0. The van der Waals surface area contributed by atoms with Crippen molar-refractivity contribution in [3.63, 3.8) is 0 Å². The molecule has 2 heterocycles. The summed E-state index contributed by atoms with van der Waals surface area (Å²) in [6.45, 7) is 4.05. The maximum atomic E-state index is 4.29. The second-order valence-corrected chi connectivity index (χ2v) is 3.47. The molecule has 3 heteroatoms. The molecule has 2 rings (SSSR count). The van der Waals surface area contributed by atoms with Crippen LogP contribution in [-0.2, 0) is 0 Å². The van der Waals surface area contributed by atoms with Gasteiger partial charge in [0.2, 0.25) is 0 Å². The maximum Gasteiger partial charge on any atom is 0.115 e. The lowest BCUT2D eigenvalue weighted by Crippen LogP contribution is -2.21. The van der Waals surface area contributed by atoms with Crippen LogP contribution in [0.5, 0.6) is 0 Å². The molecule has 3 nitrogen and oxygen atoms in total. The molecule has 14 heavy (non-hydrogen) atoms. The maximum absolute atomic E-state index is 4.29. The van der Waals surface area contributed by atoms with Crippen molar-refractivity contribution in [3.8, 4) is 0 Å². The van der Waals surface area contributed by atoms with E-state index in [0.717, 1.165) is 16.7 Å². The van der Waals surface area contributed by atoms with Crippen molar-refractivity contribution in [1.82, 2.24) is 10.3 Å². The van der Waals surface area contributed by atoms with Crippen molar-refractivity contribution in [1.29, 1.82) is 0 Å². The van der Waals surface area contributed by atoms with Gasteiger partial charge in [-0.15, -0.1) is 0 Å². The van der Waals surface area contributed by atoms with E-state index in [1.54, 1.807) is 0 Å². The Kier molecular flexibility index (Phi) is 2.31. The number of hydrogen-bond acceptors (Lipinski definition) is 3. The zero-order valence-electron chi connectivity index (χ0n) is 8.36. The molecule has 0 bridgehead atoms. The highest BCUT2D eigenvalue weighted by molar-refractivity contribution is 6.10. The van der Waals surface area contributed by atoms with E-state index in [0.29, 0.717) is 0 Å². The van der Waals surface area contributed by atoms with E-state index < -0.39 is 0 Å². The van der Waals surface area contributed by atoms with Gasteiger partial charge >= 0.3 is 0 Å². The molecular formula is C11H13N3. The van der Waals surface area contributed by atoms with Gasteiger partial charge in [-0.1, -0.05) is 0 Å². The van der Waals surface area contributed by atoms with Crippen LogP contribution in [0.4, 0.5) is 0 Å². The Morgan fingerprint density at radius 3 is 2.86 bits per heavy atom. The fourth-order valence-electron chi connectivity index (χ4n) is 1.35. The predicted octanol–water partition coefficient (Wildman–Crippen LogP) is 1.75. The lowest BCUT2D eigenvalue weighted by molar-refractivity contribution is 0.672. The number of aryl methyl sites for hydroxylation is 1. The molecule has 0 saturated heterocycles. The fraction of sp³-hybridized carbons (Fsp3) is 0.273. The van der Waals surface area contributed by atoms with Crippen molar-refractivity contribution in [2.75, 3.05) is 0 Å². The van der Waals surface area contributed by atoms with Crippen LogP contribution in [0.3, 0.4) is 0 Å². The minimum Gasteiger partial charge on any atom is -0.369 e. The van der Waals surface area contributed by atoms with Gasteiger partial charge in [0.25, 0.3) is 0 Å². The van der Waals surface area contributed by atoms with E-state index >= 15 is 0 Å². The minimum absolute atomic E-state index is 0.177. The van der Waals surface area contributed by atoms with Gasteiger partial charge in [0.15, 0.2) is 0 Å². The molecular weight excluding hydrogens is 174 g/mol. The first kappa shape index (κ1) is 8.94. The smallest absolute Gasteiger partial charge is 0.115 e. The highest BCUT2D eigenvalue weighted by Gasteiger charge is 2.05. The number of aromatic nitrogens is 1. The molecule has 1 unspecified atom stereocenters. The molecule has 0 fully saturated rings. The van der Waals surface area contributed by atoms with Crippen LogP contribution >= 0.6 is 0 Å². The van der Waals surface area contributed by atoms with E-state index in [1.807, 2.05) is 38.7 Å². The Balaban J connectivity index is 2.29. The van der Waals surface area contributed by atoms with Crippen LogP contribution in [0.2, 0.25) is 0 Å². The van der Waals surface area contributed by atoms with E-state index in [4.69, 9.17) is 0 Å². The Morgan fingerprint density at radius 1 is 1.36 bits per heavy atom. The highest BCUT2D eigenvalue weighted by Crippen LogP contribution is 2.14. The topological polar surface area (TPSA) is 37.3 Å². The van der Waals surface area contributed by atoms with E-state index in [1.165, 1.54) is 0 Å². The zero-order valence-corrected chi connectivity index (χ0v) is 8.36. The van der Waals surface area contributed by atoms with E-state index in [-0.39, 0.29) is 6.17 Å². The first-order valence-electron chi connectivity index (χ1n) is 4.67. The summed E-state index contributed by atoms with van der Waals surface area (Å²) in [4.78, 5) is 8.43. The molecule has 0 aliphatic carbocycles. The first-order chi connectivity index (χ1) is 6.75. The summed E-state index contributed by atoms with van der Waals surface area (Å²) >= 11 is 0. The predicted molar refractivity (Wildman–Crippen MR) is 58.0 cm³/mol. The molecule has 1 aliphatic rings. The highest BCUT2D eigenvalue weighted by atomic mass is 15.1. The quantitative estimate of drug-likeness (QED) is 0.727. The third kappa shape index (κ3) is 1.82. The summed E-state index contributed by atoms with van der Waals surface area (Å²) in [5.41, 5.74) is 3.35. The average Bonchev–Trinajstić information content (AvgIpc) is 2.19. The SMILES string of the molecule is Cc1cncc(C2=CNC(C)N=C2)c1. The van der Waals surface area contributed by atoms with Crippen molar-refractivity contribution in [3.05, 3.63) is 35.8 Å². The second-order valence-electron chi connectivity index (χ2n) is 3.47. The monoisotopic (exact) mass is 187 g/mol. The first-order valence-corrected chi connectivity index (χ1v) is 4.67. The van der Waals surface area contributed by atoms with E-state index in [9.17, 15) is 0 Å². The molecule has 0 amide bonds. The number of allylic oxidation sites excluding steroid dienone is 1. The van der Waals surface area contributed by atoms with Gasteiger partial charge < -0.3 is 5.32 Å². The van der Waals surface area contributed by atoms with Crippen molar-refractivity contribution < 1.29 is 0 Å². The molecule has 0 aromatic carbocycles. The van der Waals surface area contributed by atoms with Gasteiger partial charge in [0.1, 0.15) is 6.17 Å². The molecule has 72 valence electrons. The van der Waals surface area contributed by atoms with Crippen LogP contribution < -0.4 is 5.32 Å². The van der Waals surface area contributed by atoms with Crippen LogP contribution in [0.15, 0.2) is 29.7 Å². The standard InChI is InChI=1S/C11H13N3/c1-8-3-10(5-12-4-8)11-6-13-9(2)14-7-11/h3-7,9,13H,1-2H3. The number of hydrogen-bond donors (Lipinski definition) is 1. The van der Waals surface area contributed by atoms with E-state index in [2.05, 4.69) is 21.4 Å². The van der Waals surface area contributed by atoms with Gasteiger partial charge in [0, 0.05) is 35.9 Å². The summed E-state index contributed by atoms with van der Waals surface area (Å²) < 4.78 is 0. The average molecular weight is 187 g/mol. The molecule has 0 spiro atoms. The lowest BCUT2D eigenvalue weighted by Gasteiger charge is -2.13. The molecule has 0 saturated carbocycles.